The smallest absolute Gasteiger partial charge is 0.321 e. The molecule has 29 heavy (non-hydrogen) atoms. The fourth-order valence-electron chi connectivity index (χ4n) is 3.96. The standard InChI is InChI=1S/C20H28N4O5/c1-13-19(26)22(2)10-15-11-23(20(27)24(13)15)12-18(25)21-8-7-14-5-6-16(28-3)17(9-14)29-4/h5-6,9,13,15H,7-8,10-12H2,1-4H3,(H,21,25)/t13-,15+/m0/s1. The number of carbonyl (C=O) groups excluding carboxylic acids is 3. The molecule has 2 saturated heterocycles. The quantitative estimate of drug-likeness (QED) is 0.707. The Kier molecular flexibility index (Phi) is 6.14. The molecule has 0 aliphatic carbocycles. The normalized spacial score (nSPS) is 21.3. The first-order valence-corrected chi connectivity index (χ1v) is 9.65. The number of rotatable bonds is 7. The van der Waals surface area contributed by atoms with Crippen LogP contribution in [-0.2, 0) is 16.0 Å². The summed E-state index contributed by atoms with van der Waals surface area (Å²) in [4.78, 5) is 41.8. The highest BCUT2D eigenvalue weighted by molar-refractivity contribution is 5.91. The summed E-state index contributed by atoms with van der Waals surface area (Å²) in [5.74, 6) is 1.01. The maximum atomic E-state index is 12.6. The Morgan fingerprint density at radius 3 is 2.59 bits per heavy atom. The Bertz CT molecular complexity index is 799. The van der Waals surface area contributed by atoms with E-state index in [1.165, 1.54) is 4.90 Å². The van der Waals surface area contributed by atoms with Gasteiger partial charge in [-0.3, -0.25) is 9.59 Å². The van der Waals surface area contributed by atoms with Gasteiger partial charge >= 0.3 is 6.03 Å². The molecule has 1 aromatic carbocycles. The molecule has 0 saturated carbocycles. The fourth-order valence-corrected chi connectivity index (χ4v) is 3.96. The molecule has 1 N–H and O–H groups in total. The summed E-state index contributed by atoms with van der Waals surface area (Å²) in [6, 6.07) is 4.81. The summed E-state index contributed by atoms with van der Waals surface area (Å²) in [5, 5.41) is 2.85. The monoisotopic (exact) mass is 404 g/mol. The molecule has 0 radical (unpaired) electrons. The number of amides is 4. The number of fused-ring (bicyclic) bond motifs is 1. The van der Waals surface area contributed by atoms with Crippen molar-refractivity contribution in [3.05, 3.63) is 23.8 Å². The molecule has 0 spiro atoms. The van der Waals surface area contributed by atoms with E-state index in [-0.39, 0.29) is 30.4 Å². The van der Waals surface area contributed by atoms with Crippen LogP contribution in [0.15, 0.2) is 18.2 Å². The van der Waals surface area contributed by atoms with Crippen LogP contribution in [0.2, 0.25) is 0 Å². The predicted molar refractivity (Wildman–Crippen MR) is 106 cm³/mol. The van der Waals surface area contributed by atoms with E-state index in [0.717, 1.165) is 5.56 Å². The van der Waals surface area contributed by atoms with Gasteiger partial charge in [-0.1, -0.05) is 6.07 Å². The second-order valence-corrected chi connectivity index (χ2v) is 7.41. The van der Waals surface area contributed by atoms with Gasteiger partial charge < -0.3 is 29.5 Å². The highest BCUT2D eigenvalue weighted by atomic mass is 16.5. The molecule has 9 nitrogen and oxygen atoms in total. The lowest BCUT2D eigenvalue weighted by Gasteiger charge is -2.38. The van der Waals surface area contributed by atoms with Crippen molar-refractivity contribution in [2.24, 2.45) is 0 Å². The minimum atomic E-state index is -0.496. The second-order valence-electron chi connectivity index (χ2n) is 7.41. The van der Waals surface area contributed by atoms with Crippen molar-refractivity contribution < 1.29 is 23.9 Å². The van der Waals surface area contributed by atoms with Gasteiger partial charge in [0.05, 0.1) is 20.3 Å². The molecule has 3 rings (SSSR count). The van der Waals surface area contributed by atoms with Gasteiger partial charge in [-0.15, -0.1) is 0 Å². The topological polar surface area (TPSA) is 91.4 Å². The molecular weight excluding hydrogens is 376 g/mol. The zero-order valence-electron chi connectivity index (χ0n) is 17.3. The first kappa shape index (κ1) is 20.8. The summed E-state index contributed by atoms with van der Waals surface area (Å²) in [6.07, 6.45) is 0.630. The average Bonchev–Trinajstić information content (AvgIpc) is 3.00. The van der Waals surface area contributed by atoms with E-state index in [2.05, 4.69) is 5.32 Å². The lowest BCUT2D eigenvalue weighted by atomic mass is 10.1. The number of nitrogens with zero attached hydrogens (tertiary/aromatic N) is 3. The highest BCUT2D eigenvalue weighted by Crippen LogP contribution is 2.27. The number of benzene rings is 1. The number of piperazine rings is 1. The summed E-state index contributed by atoms with van der Waals surface area (Å²) >= 11 is 0. The molecule has 0 unspecified atom stereocenters. The first-order chi connectivity index (χ1) is 13.8. The number of urea groups is 1. The van der Waals surface area contributed by atoms with E-state index in [9.17, 15) is 14.4 Å². The molecular formula is C20H28N4O5. The summed E-state index contributed by atoms with van der Waals surface area (Å²) in [6.45, 7) is 3.11. The largest absolute Gasteiger partial charge is 0.493 e. The van der Waals surface area contributed by atoms with E-state index >= 15 is 0 Å². The van der Waals surface area contributed by atoms with Crippen molar-refractivity contribution in [3.63, 3.8) is 0 Å². The Morgan fingerprint density at radius 1 is 1.17 bits per heavy atom. The highest BCUT2D eigenvalue weighted by Gasteiger charge is 2.47. The number of methoxy groups -OCH3 is 2. The van der Waals surface area contributed by atoms with Crippen LogP contribution in [0.4, 0.5) is 4.79 Å². The molecule has 0 bridgehead atoms. The van der Waals surface area contributed by atoms with Crippen LogP contribution in [0.5, 0.6) is 11.5 Å². The minimum absolute atomic E-state index is 0.0115. The van der Waals surface area contributed by atoms with Gasteiger partial charge in [0.15, 0.2) is 11.5 Å². The molecule has 1 aromatic rings. The molecule has 4 amide bonds. The van der Waals surface area contributed by atoms with Crippen molar-refractivity contribution in [1.82, 2.24) is 20.0 Å². The fraction of sp³-hybridized carbons (Fsp3) is 0.550. The third-order valence-corrected chi connectivity index (χ3v) is 5.47. The van der Waals surface area contributed by atoms with Gasteiger partial charge in [-0.25, -0.2) is 4.79 Å². The molecule has 2 aliphatic heterocycles. The van der Waals surface area contributed by atoms with E-state index in [1.54, 1.807) is 38.0 Å². The molecule has 158 valence electrons. The third kappa shape index (κ3) is 4.23. The van der Waals surface area contributed by atoms with E-state index < -0.39 is 6.04 Å². The Morgan fingerprint density at radius 2 is 1.90 bits per heavy atom. The molecule has 0 aromatic heterocycles. The van der Waals surface area contributed by atoms with E-state index in [4.69, 9.17) is 9.47 Å². The van der Waals surface area contributed by atoms with E-state index in [0.29, 0.717) is 37.6 Å². The van der Waals surface area contributed by atoms with Gasteiger partial charge in [-0.2, -0.15) is 0 Å². The SMILES string of the molecule is COc1ccc(CCNC(=O)CN2C[C@H]3CN(C)C(=O)[C@H](C)N3C2=O)cc1OC. The molecule has 2 aliphatic rings. The van der Waals surface area contributed by atoms with Gasteiger partial charge in [0.1, 0.15) is 12.6 Å². The van der Waals surface area contributed by atoms with E-state index in [1.807, 2.05) is 18.2 Å². The van der Waals surface area contributed by atoms with Crippen LogP contribution in [-0.4, -0.2) is 92.1 Å². The van der Waals surface area contributed by atoms with Gasteiger partial charge in [0.25, 0.3) is 0 Å². The summed E-state index contributed by atoms with van der Waals surface area (Å²) in [7, 11) is 4.90. The molecule has 2 atom stereocenters. The number of ether oxygens (including phenoxy) is 2. The average molecular weight is 404 g/mol. The van der Waals surface area contributed by atoms with Crippen molar-refractivity contribution in [3.8, 4) is 11.5 Å². The number of likely N-dealkylation sites (N-methyl/N-ethyl adjacent to an activating group) is 1. The van der Waals surface area contributed by atoms with Crippen LogP contribution in [0, 0.1) is 0 Å². The lowest BCUT2D eigenvalue weighted by Crippen LogP contribution is -2.58. The Balaban J connectivity index is 1.50. The Hall–Kier alpha value is -2.97. The third-order valence-electron chi connectivity index (χ3n) is 5.47. The van der Waals surface area contributed by atoms with Crippen molar-refractivity contribution in [2.75, 3.05) is 47.4 Å². The van der Waals surface area contributed by atoms with Crippen LogP contribution < -0.4 is 14.8 Å². The van der Waals surface area contributed by atoms with Crippen LogP contribution >= 0.6 is 0 Å². The van der Waals surface area contributed by atoms with Crippen LogP contribution in [0.3, 0.4) is 0 Å². The first-order valence-electron chi connectivity index (χ1n) is 9.65. The summed E-state index contributed by atoms with van der Waals surface area (Å²) in [5.41, 5.74) is 1.01. The number of nitrogens with one attached hydrogen (secondary N) is 1. The molecule has 2 heterocycles. The number of carbonyl (C=O) groups is 3. The van der Waals surface area contributed by atoms with Gasteiger partial charge in [0, 0.05) is 26.7 Å². The zero-order chi connectivity index (χ0) is 21.1. The van der Waals surface area contributed by atoms with Gasteiger partial charge in [-0.05, 0) is 31.0 Å². The summed E-state index contributed by atoms with van der Waals surface area (Å²) < 4.78 is 10.5. The maximum absolute atomic E-state index is 12.6. The number of hydrogen-bond donors (Lipinski definition) is 1. The number of hydrogen-bond acceptors (Lipinski definition) is 5. The second kappa shape index (κ2) is 8.59. The van der Waals surface area contributed by atoms with Crippen molar-refractivity contribution in [2.45, 2.75) is 25.4 Å². The minimum Gasteiger partial charge on any atom is -0.493 e. The maximum Gasteiger partial charge on any atom is 0.321 e. The zero-order valence-corrected chi connectivity index (χ0v) is 17.3. The lowest BCUT2D eigenvalue weighted by molar-refractivity contribution is -0.139. The molecule has 9 heteroatoms. The predicted octanol–water partition coefficient (Wildman–Crippen LogP) is 0.329. The Labute approximate surface area is 170 Å². The van der Waals surface area contributed by atoms with Gasteiger partial charge in [0.2, 0.25) is 11.8 Å². The van der Waals surface area contributed by atoms with Crippen LogP contribution in [0.1, 0.15) is 12.5 Å². The molecule has 2 fully saturated rings. The van der Waals surface area contributed by atoms with Crippen LogP contribution in [0.25, 0.3) is 0 Å². The van der Waals surface area contributed by atoms with Crippen molar-refractivity contribution >= 4 is 17.8 Å². The van der Waals surface area contributed by atoms with Crippen molar-refractivity contribution in [1.29, 1.82) is 0 Å².